The Hall–Kier alpha value is -1.68. The van der Waals surface area contributed by atoms with Crippen molar-refractivity contribution in [1.82, 2.24) is 5.32 Å². The molecule has 0 heterocycles. The topological polar surface area (TPSA) is 113 Å². The van der Waals surface area contributed by atoms with E-state index in [4.69, 9.17) is 28.8 Å². The number of hydrogen-bond donors (Lipinski definition) is 2. The van der Waals surface area contributed by atoms with Crippen LogP contribution in [-0.4, -0.2) is 82.7 Å². The Morgan fingerprint density at radius 1 is 0.862 bits per heavy atom. The monoisotopic (exact) mass is 417 g/mol. The number of carbonyl (C=O) groups excluding carboxylic acids is 1. The van der Waals surface area contributed by atoms with Gasteiger partial charge in [0.15, 0.2) is 0 Å². The lowest BCUT2D eigenvalue weighted by Crippen LogP contribution is -2.31. The number of rotatable bonds is 16. The van der Waals surface area contributed by atoms with Gasteiger partial charge in [0.2, 0.25) is 0 Å². The van der Waals surface area contributed by atoms with Crippen LogP contribution in [0.1, 0.15) is 38.5 Å². The molecule has 0 aromatic heterocycles. The number of aliphatic carboxylic acids is 1. The minimum absolute atomic E-state index is 0.00230. The second kappa shape index (κ2) is 18.4. The molecular formula is C20H35NO8. The largest absolute Gasteiger partial charge is 0.481 e. The fraction of sp³-hybridized carbons (Fsp3) is 0.800. The number of alkyl carbamates (subject to hydrolysis) is 1. The highest BCUT2D eigenvalue weighted by atomic mass is 16.6. The fourth-order valence-electron chi connectivity index (χ4n) is 2.55. The molecule has 0 bridgehead atoms. The second-order valence-corrected chi connectivity index (χ2v) is 6.53. The molecule has 0 aliphatic heterocycles. The van der Waals surface area contributed by atoms with Gasteiger partial charge in [0.05, 0.1) is 59.3 Å². The molecule has 0 aromatic carbocycles. The zero-order valence-corrected chi connectivity index (χ0v) is 17.1. The molecule has 1 aliphatic carbocycles. The van der Waals surface area contributed by atoms with Gasteiger partial charge in [0.1, 0.15) is 6.10 Å². The lowest BCUT2D eigenvalue weighted by atomic mass is 10.0. The Labute approximate surface area is 172 Å². The lowest BCUT2D eigenvalue weighted by molar-refractivity contribution is -0.138. The van der Waals surface area contributed by atoms with E-state index in [0.29, 0.717) is 52.8 Å². The van der Waals surface area contributed by atoms with E-state index >= 15 is 0 Å². The Balaban J connectivity index is 1.81. The van der Waals surface area contributed by atoms with Gasteiger partial charge in [-0.05, 0) is 31.8 Å². The average Bonchev–Trinajstić information content (AvgIpc) is 2.66. The number of amides is 1. The van der Waals surface area contributed by atoms with Crippen LogP contribution in [0.4, 0.5) is 4.79 Å². The summed E-state index contributed by atoms with van der Waals surface area (Å²) < 4.78 is 26.5. The highest BCUT2D eigenvalue weighted by molar-refractivity contribution is 5.67. The smallest absolute Gasteiger partial charge is 0.407 e. The van der Waals surface area contributed by atoms with Crippen LogP contribution in [0.25, 0.3) is 0 Å². The molecule has 1 rings (SSSR count). The number of allylic oxidation sites excluding steroid dienone is 1. The number of nitrogens with one attached hydrogen (secondary N) is 1. The Kier molecular flexibility index (Phi) is 16.0. The highest BCUT2D eigenvalue weighted by Crippen LogP contribution is 2.14. The zero-order valence-electron chi connectivity index (χ0n) is 17.1. The van der Waals surface area contributed by atoms with E-state index in [1.807, 2.05) is 6.08 Å². The molecule has 0 saturated heterocycles. The van der Waals surface area contributed by atoms with Crippen LogP contribution >= 0.6 is 0 Å². The van der Waals surface area contributed by atoms with Gasteiger partial charge >= 0.3 is 12.1 Å². The van der Waals surface area contributed by atoms with E-state index in [0.717, 1.165) is 19.3 Å². The van der Waals surface area contributed by atoms with Crippen LogP contribution in [0.15, 0.2) is 12.2 Å². The molecular weight excluding hydrogens is 382 g/mol. The molecule has 2 N–H and O–H groups in total. The summed E-state index contributed by atoms with van der Waals surface area (Å²) in [5.41, 5.74) is 0. The van der Waals surface area contributed by atoms with Crippen LogP contribution in [0, 0.1) is 0 Å². The molecule has 29 heavy (non-hydrogen) atoms. The number of carboxylic acid groups (broad SMARTS) is 1. The maximum Gasteiger partial charge on any atom is 0.407 e. The van der Waals surface area contributed by atoms with Crippen molar-refractivity contribution in [1.29, 1.82) is 0 Å². The van der Waals surface area contributed by atoms with Crippen molar-refractivity contribution in [3.05, 3.63) is 12.2 Å². The van der Waals surface area contributed by atoms with E-state index < -0.39 is 12.1 Å². The number of carboxylic acids is 1. The fourth-order valence-corrected chi connectivity index (χ4v) is 2.55. The molecule has 0 unspecified atom stereocenters. The molecule has 0 radical (unpaired) electrons. The first kappa shape index (κ1) is 25.4. The molecule has 9 heteroatoms. The second-order valence-electron chi connectivity index (χ2n) is 6.53. The van der Waals surface area contributed by atoms with Crippen LogP contribution < -0.4 is 5.32 Å². The van der Waals surface area contributed by atoms with Crippen LogP contribution in [0.5, 0.6) is 0 Å². The number of hydrogen-bond acceptors (Lipinski definition) is 7. The van der Waals surface area contributed by atoms with Gasteiger partial charge in [-0.25, -0.2) is 4.79 Å². The summed E-state index contributed by atoms with van der Waals surface area (Å²) in [6.07, 6.45) is 8.89. The number of carbonyl (C=O) groups is 2. The van der Waals surface area contributed by atoms with E-state index in [1.165, 1.54) is 12.8 Å². The molecule has 168 valence electrons. The van der Waals surface area contributed by atoms with Gasteiger partial charge in [-0.15, -0.1) is 0 Å². The van der Waals surface area contributed by atoms with Gasteiger partial charge < -0.3 is 34.1 Å². The van der Waals surface area contributed by atoms with Crippen molar-refractivity contribution < 1.29 is 38.4 Å². The summed E-state index contributed by atoms with van der Waals surface area (Å²) in [4.78, 5) is 22.0. The quantitative estimate of drug-likeness (QED) is 0.290. The minimum atomic E-state index is -0.875. The van der Waals surface area contributed by atoms with Gasteiger partial charge in [0.25, 0.3) is 0 Å². The predicted octanol–water partition coefficient (Wildman–Crippen LogP) is 2.14. The first-order valence-corrected chi connectivity index (χ1v) is 10.3. The molecule has 9 nitrogen and oxygen atoms in total. The van der Waals surface area contributed by atoms with Crippen molar-refractivity contribution >= 4 is 12.1 Å². The van der Waals surface area contributed by atoms with Gasteiger partial charge in [-0.2, -0.15) is 0 Å². The van der Waals surface area contributed by atoms with E-state index in [2.05, 4.69) is 11.4 Å². The highest BCUT2D eigenvalue weighted by Gasteiger charge is 2.12. The Morgan fingerprint density at radius 2 is 1.48 bits per heavy atom. The maximum atomic E-state index is 11.8. The van der Waals surface area contributed by atoms with Gasteiger partial charge in [-0.3, -0.25) is 4.79 Å². The van der Waals surface area contributed by atoms with Gasteiger partial charge in [-0.1, -0.05) is 12.5 Å². The Morgan fingerprint density at radius 3 is 2.14 bits per heavy atom. The lowest BCUT2D eigenvalue weighted by Gasteiger charge is -2.16. The SMILES string of the molecule is O=C(O)CCOCCOCCOCCOCCNC(=O)O[C@@H]1/C=C/CCCCC1. The Bertz CT molecular complexity index is 458. The zero-order chi connectivity index (χ0) is 21.0. The van der Waals surface area contributed by atoms with Crippen molar-refractivity contribution in [3.63, 3.8) is 0 Å². The van der Waals surface area contributed by atoms with Crippen molar-refractivity contribution in [3.8, 4) is 0 Å². The summed E-state index contributed by atoms with van der Waals surface area (Å²) in [6, 6.07) is 0. The first-order valence-electron chi connectivity index (χ1n) is 10.3. The molecule has 0 aromatic rings. The summed E-state index contributed by atoms with van der Waals surface area (Å²) in [6.45, 7) is 3.49. The normalized spacial score (nSPS) is 17.9. The van der Waals surface area contributed by atoms with E-state index in [-0.39, 0.29) is 19.1 Å². The van der Waals surface area contributed by atoms with E-state index in [1.54, 1.807) is 0 Å². The third-order valence-corrected chi connectivity index (χ3v) is 4.06. The van der Waals surface area contributed by atoms with Crippen LogP contribution in [0.2, 0.25) is 0 Å². The van der Waals surface area contributed by atoms with Crippen LogP contribution in [-0.2, 0) is 28.5 Å². The molecule has 1 aliphatic rings. The third-order valence-electron chi connectivity index (χ3n) is 4.06. The van der Waals surface area contributed by atoms with E-state index in [9.17, 15) is 9.59 Å². The molecule has 1 amide bonds. The average molecular weight is 417 g/mol. The minimum Gasteiger partial charge on any atom is -0.481 e. The molecule has 0 fully saturated rings. The summed E-state index contributed by atoms with van der Waals surface area (Å²) in [7, 11) is 0. The first-order chi connectivity index (χ1) is 14.2. The number of ether oxygens (including phenoxy) is 5. The molecule has 1 atom stereocenters. The van der Waals surface area contributed by atoms with Crippen LogP contribution in [0.3, 0.4) is 0 Å². The standard InChI is InChI=1S/C20H35NO8/c22-19(23)8-10-25-12-14-27-16-17-28-15-13-26-11-9-21-20(24)29-18-6-4-2-1-3-5-7-18/h4,6,18H,1-3,5,7-17H2,(H,21,24)(H,22,23)/b6-4+/t18-/m1/s1. The molecule has 0 saturated carbocycles. The van der Waals surface area contributed by atoms with Crippen molar-refractivity contribution in [2.24, 2.45) is 0 Å². The predicted molar refractivity (Wildman–Crippen MR) is 106 cm³/mol. The van der Waals surface area contributed by atoms with Gasteiger partial charge in [0, 0.05) is 6.54 Å². The molecule has 0 spiro atoms. The van der Waals surface area contributed by atoms with Crippen molar-refractivity contribution in [2.45, 2.75) is 44.6 Å². The summed E-state index contributed by atoms with van der Waals surface area (Å²) >= 11 is 0. The maximum absolute atomic E-state index is 11.8. The third kappa shape index (κ3) is 16.9. The summed E-state index contributed by atoms with van der Waals surface area (Å²) in [5, 5.41) is 11.1. The summed E-state index contributed by atoms with van der Waals surface area (Å²) in [5.74, 6) is -0.875. The van der Waals surface area contributed by atoms with Crippen molar-refractivity contribution in [2.75, 3.05) is 59.4 Å².